The predicted molar refractivity (Wildman–Crippen MR) is 73.2 cm³/mol. The smallest absolute Gasteiger partial charge is 0.310 e. The fourth-order valence-electron chi connectivity index (χ4n) is 2.23. The number of hydrogen-bond acceptors (Lipinski definition) is 2. The number of rotatable bonds is 4. The molecule has 1 aromatic heterocycles. The van der Waals surface area contributed by atoms with Gasteiger partial charge in [-0.15, -0.1) is 0 Å². The van der Waals surface area contributed by atoms with Gasteiger partial charge in [0.15, 0.2) is 0 Å². The molecule has 1 saturated carbocycles. The van der Waals surface area contributed by atoms with Crippen LogP contribution in [-0.4, -0.2) is 15.8 Å². The van der Waals surface area contributed by atoms with Crippen molar-refractivity contribution in [3.8, 4) is 5.69 Å². The number of alkyl halides is 3. The number of nitrogens with zero attached hydrogens (tertiary/aromatic N) is 2. The van der Waals surface area contributed by atoms with Gasteiger partial charge in [0, 0.05) is 18.8 Å². The molecule has 0 atom stereocenters. The average molecular weight is 295 g/mol. The third-order valence-electron chi connectivity index (χ3n) is 3.54. The van der Waals surface area contributed by atoms with E-state index in [1.54, 1.807) is 25.3 Å². The first kappa shape index (κ1) is 14.1. The van der Waals surface area contributed by atoms with Crippen molar-refractivity contribution in [2.24, 2.45) is 0 Å². The lowest BCUT2D eigenvalue weighted by molar-refractivity contribution is -0.138. The molecule has 0 unspecified atom stereocenters. The summed E-state index contributed by atoms with van der Waals surface area (Å²) in [4.78, 5) is 0. The molecule has 1 aliphatic rings. The second-order valence-corrected chi connectivity index (χ2v) is 5.40. The molecule has 0 amide bonds. The van der Waals surface area contributed by atoms with E-state index in [1.165, 1.54) is 10.7 Å². The second-order valence-electron chi connectivity index (χ2n) is 5.40. The van der Waals surface area contributed by atoms with Gasteiger partial charge in [-0.25, -0.2) is 4.68 Å². The first-order valence-electron chi connectivity index (χ1n) is 6.89. The SMILES string of the molecule is Cc1ccn(-c2ccc(CNC3CC3)c(C(F)(F)F)c2)n1. The van der Waals surface area contributed by atoms with E-state index in [0.717, 1.165) is 24.6 Å². The van der Waals surface area contributed by atoms with E-state index in [1.807, 2.05) is 0 Å². The third kappa shape index (κ3) is 3.26. The van der Waals surface area contributed by atoms with Crippen LogP contribution >= 0.6 is 0 Å². The summed E-state index contributed by atoms with van der Waals surface area (Å²) < 4.78 is 41.2. The molecule has 1 heterocycles. The lowest BCUT2D eigenvalue weighted by atomic mass is 10.1. The van der Waals surface area contributed by atoms with Crippen LogP contribution in [-0.2, 0) is 12.7 Å². The minimum atomic E-state index is -4.36. The van der Waals surface area contributed by atoms with E-state index in [2.05, 4.69) is 10.4 Å². The molecule has 6 heteroatoms. The zero-order valence-corrected chi connectivity index (χ0v) is 11.6. The number of benzene rings is 1. The fraction of sp³-hybridized carbons (Fsp3) is 0.400. The Balaban J connectivity index is 1.93. The summed E-state index contributed by atoms with van der Waals surface area (Å²) in [5, 5.41) is 7.28. The van der Waals surface area contributed by atoms with Gasteiger partial charge in [-0.2, -0.15) is 18.3 Å². The highest BCUT2D eigenvalue weighted by Crippen LogP contribution is 2.34. The maximum Gasteiger partial charge on any atom is 0.416 e. The normalized spacial score (nSPS) is 15.4. The first-order valence-corrected chi connectivity index (χ1v) is 6.89. The van der Waals surface area contributed by atoms with Crippen molar-refractivity contribution >= 4 is 0 Å². The van der Waals surface area contributed by atoms with Gasteiger partial charge in [0.05, 0.1) is 16.9 Å². The molecule has 0 bridgehead atoms. The summed E-state index contributed by atoms with van der Waals surface area (Å²) in [6.07, 6.45) is -0.607. The molecule has 0 radical (unpaired) electrons. The number of aromatic nitrogens is 2. The Morgan fingerprint density at radius 1 is 1.29 bits per heavy atom. The van der Waals surface area contributed by atoms with Gasteiger partial charge in [0.2, 0.25) is 0 Å². The molecule has 2 aromatic rings. The Bertz CT molecular complexity index is 642. The van der Waals surface area contributed by atoms with Crippen molar-refractivity contribution < 1.29 is 13.2 Å². The highest BCUT2D eigenvalue weighted by atomic mass is 19.4. The Morgan fingerprint density at radius 2 is 2.05 bits per heavy atom. The molecule has 1 aromatic carbocycles. The number of aryl methyl sites for hydroxylation is 1. The molecular weight excluding hydrogens is 279 g/mol. The topological polar surface area (TPSA) is 29.9 Å². The van der Waals surface area contributed by atoms with Crippen LogP contribution in [0.3, 0.4) is 0 Å². The monoisotopic (exact) mass is 295 g/mol. The average Bonchev–Trinajstić information content (AvgIpc) is 3.16. The van der Waals surface area contributed by atoms with Crippen molar-refractivity contribution in [2.45, 2.75) is 38.5 Å². The molecule has 1 fully saturated rings. The summed E-state index contributed by atoms with van der Waals surface area (Å²) in [6, 6.07) is 6.50. The van der Waals surface area contributed by atoms with Gasteiger partial charge in [0.1, 0.15) is 0 Å². The van der Waals surface area contributed by atoms with E-state index in [4.69, 9.17) is 0 Å². The molecule has 3 nitrogen and oxygen atoms in total. The molecule has 3 rings (SSSR count). The summed E-state index contributed by atoms with van der Waals surface area (Å²) in [5.41, 5.74) is 0.872. The largest absolute Gasteiger partial charge is 0.416 e. The maximum atomic E-state index is 13.2. The Kier molecular flexibility index (Phi) is 3.49. The van der Waals surface area contributed by atoms with Gasteiger partial charge in [-0.05, 0) is 43.5 Å². The quantitative estimate of drug-likeness (QED) is 0.936. The molecule has 21 heavy (non-hydrogen) atoms. The van der Waals surface area contributed by atoms with E-state index in [0.29, 0.717) is 11.7 Å². The molecular formula is C15H16F3N3. The van der Waals surface area contributed by atoms with Gasteiger partial charge in [-0.3, -0.25) is 0 Å². The molecule has 112 valence electrons. The zero-order chi connectivity index (χ0) is 15.0. The zero-order valence-electron chi connectivity index (χ0n) is 11.6. The predicted octanol–water partition coefficient (Wildman–Crippen LogP) is 3.45. The van der Waals surface area contributed by atoms with Crippen LogP contribution in [0.1, 0.15) is 29.7 Å². The van der Waals surface area contributed by atoms with Crippen LogP contribution in [0.4, 0.5) is 13.2 Å². The number of hydrogen-bond donors (Lipinski definition) is 1. The van der Waals surface area contributed by atoms with E-state index in [-0.39, 0.29) is 12.1 Å². The van der Waals surface area contributed by atoms with Gasteiger partial charge in [-0.1, -0.05) is 6.07 Å². The number of halogens is 3. The van der Waals surface area contributed by atoms with Crippen molar-refractivity contribution in [1.82, 2.24) is 15.1 Å². The first-order chi connectivity index (χ1) is 9.93. The Morgan fingerprint density at radius 3 is 2.62 bits per heavy atom. The Labute approximate surface area is 120 Å². The molecule has 1 aliphatic carbocycles. The van der Waals surface area contributed by atoms with Crippen LogP contribution in [0.15, 0.2) is 30.5 Å². The summed E-state index contributed by atoms with van der Waals surface area (Å²) in [5.74, 6) is 0. The molecule has 0 aliphatic heterocycles. The van der Waals surface area contributed by atoms with Crippen LogP contribution in [0.5, 0.6) is 0 Å². The van der Waals surface area contributed by atoms with E-state index in [9.17, 15) is 13.2 Å². The van der Waals surface area contributed by atoms with Crippen LogP contribution in [0, 0.1) is 6.92 Å². The van der Waals surface area contributed by atoms with Gasteiger partial charge < -0.3 is 5.32 Å². The van der Waals surface area contributed by atoms with E-state index >= 15 is 0 Å². The minimum Gasteiger partial charge on any atom is -0.310 e. The standard InChI is InChI=1S/C15H16F3N3/c1-10-6-7-21(20-10)13-5-2-11(9-19-12-3-4-12)14(8-13)15(16,17)18/h2,5-8,12,19H,3-4,9H2,1H3. The van der Waals surface area contributed by atoms with Crippen LogP contribution in [0.2, 0.25) is 0 Å². The lowest BCUT2D eigenvalue weighted by Gasteiger charge is -2.15. The molecule has 1 N–H and O–H groups in total. The van der Waals surface area contributed by atoms with Crippen molar-refractivity contribution in [2.75, 3.05) is 0 Å². The van der Waals surface area contributed by atoms with Gasteiger partial charge in [0.25, 0.3) is 0 Å². The van der Waals surface area contributed by atoms with Crippen molar-refractivity contribution in [3.63, 3.8) is 0 Å². The second kappa shape index (κ2) is 5.18. The van der Waals surface area contributed by atoms with Crippen molar-refractivity contribution in [1.29, 1.82) is 0 Å². The Hall–Kier alpha value is -1.82. The van der Waals surface area contributed by atoms with Crippen LogP contribution in [0.25, 0.3) is 5.69 Å². The fourth-order valence-corrected chi connectivity index (χ4v) is 2.23. The molecule has 0 spiro atoms. The number of nitrogens with one attached hydrogen (secondary N) is 1. The maximum absolute atomic E-state index is 13.2. The lowest BCUT2D eigenvalue weighted by Crippen LogP contribution is -2.19. The third-order valence-corrected chi connectivity index (χ3v) is 3.54. The minimum absolute atomic E-state index is 0.248. The molecule has 0 saturated heterocycles. The van der Waals surface area contributed by atoms with Crippen LogP contribution < -0.4 is 5.32 Å². The highest BCUT2D eigenvalue weighted by molar-refractivity contribution is 5.42. The van der Waals surface area contributed by atoms with E-state index < -0.39 is 11.7 Å². The highest BCUT2D eigenvalue weighted by Gasteiger charge is 2.34. The summed E-state index contributed by atoms with van der Waals surface area (Å²) >= 11 is 0. The van der Waals surface area contributed by atoms with Crippen molar-refractivity contribution in [3.05, 3.63) is 47.3 Å². The summed E-state index contributed by atoms with van der Waals surface area (Å²) in [7, 11) is 0. The summed E-state index contributed by atoms with van der Waals surface area (Å²) in [6.45, 7) is 2.05. The van der Waals surface area contributed by atoms with Gasteiger partial charge >= 0.3 is 6.18 Å².